The number of aliphatic hydroxyl groups excluding tert-OH is 2. The van der Waals surface area contributed by atoms with E-state index in [1.807, 2.05) is 0 Å². The quantitative estimate of drug-likeness (QED) is 0.290. The predicted octanol–water partition coefficient (Wildman–Crippen LogP) is -0.987. The molecule has 0 aromatic carbocycles. The summed E-state index contributed by atoms with van der Waals surface area (Å²) in [5.41, 5.74) is 6.74. The van der Waals surface area contributed by atoms with Crippen molar-refractivity contribution >= 4 is 40.5 Å². The van der Waals surface area contributed by atoms with Crippen LogP contribution in [-0.2, 0) is 4.74 Å². The molecule has 158 valence electrons. The Morgan fingerprint density at radius 1 is 1.23 bits per heavy atom. The summed E-state index contributed by atoms with van der Waals surface area (Å²) in [6.45, 7) is 0. The lowest BCUT2D eigenvalue weighted by atomic mass is 10.1. The van der Waals surface area contributed by atoms with Gasteiger partial charge in [-0.2, -0.15) is 5.10 Å². The van der Waals surface area contributed by atoms with Gasteiger partial charge in [-0.05, 0) is 12.2 Å². The molecule has 5 atom stereocenters. The Bertz CT molecular complexity index is 1090. The number of aliphatic hydroxyl groups is 2. The molecule has 14 heteroatoms. The lowest BCUT2D eigenvalue weighted by molar-refractivity contribution is -0.0352. The van der Waals surface area contributed by atoms with Crippen LogP contribution in [0.15, 0.2) is 18.9 Å². The maximum atomic E-state index is 12.0. The topological polar surface area (TPSA) is 189 Å². The van der Waals surface area contributed by atoms with Crippen molar-refractivity contribution in [3.63, 3.8) is 0 Å². The molecule has 5 rings (SSSR count). The maximum Gasteiger partial charge on any atom is 0.258 e. The van der Waals surface area contributed by atoms with Gasteiger partial charge in [0.2, 0.25) is 0 Å². The lowest BCUT2D eigenvalue weighted by Crippen LogP contribution is -2.43. The van der Waals surface area contributed by atoms with Crippen LogP contribution in [0.4, 0.5) is 11.6 Å². The number of nitrogens with zero attached hydrogens (tertiary/aromatic N) is 5. The molecule has 5 heterocycles. The van der Waals surface area contributed by atoms with E-state index in [1.165, 1.54) is 35.2 Å². The number of ether oxygens (including phenoxy) is 1. The van der Waals surface area contributed by atoms with Crippen LogP contribution in [0.1, 0.15) is 23.0 Å². The van der Waals surface area contributed by atoms with Crippen LogP contribution in [-0.4, -0.2) is 75.4 Å². The van der Waals surface area contributed by atoms with E-state index in [0.29, 0.717) is 34.7 Å². The van der Waals surface area contributed by atoms with E-state index in [-0.39, 0.29) is 17.2 Å². The Balaban J connectivity index is 1.22. The van der Waals surface area contributed by atoms with Gasteiger partial charge in [0.1, 0.15) is 40.9 Å². The SMILES string of the molecule is Nc1ncnc2c1ncn2C1O[C@H](CCSC2NC(=O)c3cn[nH]c3N2)[C@@H](O)[C@H]1O. The number of thioether (sulfide) groups is 1. The second-order valence-corrected chi connectivity index (χ2v) is 8.16. The number of hydrogen-bond donors (Lipinski definition) is 6. The summed E-state index contributed by atoms with van der Waals surface area (Å²) in [6.07, 6.45) is 0.975. The third kappa shape index (κ3) is 3.13. The fraction of sp³-hybridized carbons (Fsp3) is 0.438. The summed E-state index contributed by atoms with van der Waals surface area (Å²) in [5.74, 6) is 1.14. The number of imidazole rings is 1. The standard InChI is InChI=1S/C16H19N9O4S/c17-11-8-13(19-4-18-11)25(5-20-8)15-10(27)9(26)7(29-15)1-2-30-16-22-12-6(3-21-24-12)14(28)23-16/h3-5,7,9-10,15-16,26-27H,1-2H2,(H,23,28)(H2,17,18,19)(H2,21,22,24)/t7-,9-,10-,15?,16?/m1/s1. The van der Waals surface area contributed by atoms with Gasteiger partial charge in [0.25, 0.3) is 5.91 Å². The number of H-pyrrole nitrogens is 1. The summed E-state index contributed by atoms with van der Waals surface area (Å²) < 4.78 is 7.46. The number of aromatic nitrogens is 6. The third-order valence-corrected chi connectivity index (χ3v) is 6.15. The monoisotopic (exact) mass is 433 g/mol. The molecule has 2 aliphatic heterocycles. The zero-order valence-corrected chi connectivity index (χ0v) is 16.3. The van der Waals surface area contributed by atoms with Gasteiger partial charge in [-0.25, -0.2) is 15.0 Å². The second kappa shape index (κ2) is 7.39. The summed E-state index contributed by atoms with van der Waals surface area (Å²) in [7, 11) is 0. The first kappa shape index (κ1) is 19.0. The molecule has 1 amide bonds. The average molecular weight is 433 g/mol. The largest absolute Gasteiger partial charge is 0.388 e. The highest BCUT2D eigenvalue weighted by Crippen LogP contribution is 2.34. The Morgan fingerprint density at radius 3 is 2.97 bits per heavy atom. The fourth-order valence-corrected chi connectivity index (χ4v) is 4.57. The van der Waals surface area contributed by atoms with Gasteiger partial charge >= 0.3 is 0 Å². The smallest absolute Gasteiger partial charge is 0.258 e. The highest BCUT2D eigenvalue weighted by molar-refractivity contribution is 7.99. The molecule has 3 aromatic heterocycles. The first-order valence-electron chi connectivity index (χ1n) is 9.20. The molecule has 30 heavy (non-hydrogen) atoms. The molecule has 0 bridgehead atoms. The van der Waals surface area contributed by atoms with Gasteiger partial charge < -0.3 is 31.3 Å². The van der Waals surface area contributed by atoms with E-state index >= 15 is 0 Å². The molecule has 2 unspecified atom stereocenters. The van der Waals surface area contributed by atoms with E-state index < -0.39 is 24.5 Å². The molecule has 1 fully saturated rings. The number of nitrogens with two attached hydrogens (primary N) is 1. The highest BCUT2D eigenvalue weighted by Gasteiger charge is 2.44. The maximum absolute atomic E-state index is 12.0. The Morgan fingerprint density at radius 2 is 2.10 bits per heavy atom. The summed E-state index contributed by atoms with van der Waals surface area (Å²) in [5, 5.41) is 33.5. The van der Waals surface area contributed by atoms with Crippen molar-refractivity contribution in [1.29, 1.82) is 0 Å². The van der Waals surface area contributed by atoms with Gasteiger partial charge in [0.15, 0.2) is 17.7 Å². The molecule has 0 spiro atoms. The van der Waals surface area contributed by atoms with E-state index in [2.05, 4.69) is 35.8 Å². The average Bonchev–Trinajstić information content (AvgIpc) is 3.43. The minimum absolute atomic E-state index is 0.212. The Kier molecular flexibility index (Phi) is 4.69. The fourth-order valence-electron chi connectivity index (χ4n) is 3.57. The third-order valence-electron chi connectivity index (χ3n) is 5.11. The van der Waals surface area contributed by atoms with E-state index in [1.54, 1.807) is 0 Å². The number of carbonyl (C=O) groups is 1. The highest BCUT2D eigenvalue weighted by atomic mass is 32.2. The predicted molar refractivity (Wildman–Crippen MR) is 106 cm³/mol. The number of carbonyl (C=O) groups excluding carboxylic acids is 1. The summed E-state index contributed by atoms with van der Waals surface area (Å²) in [6, 6.07) is 0. The van der Waals surface area contributed by atoms with Crippen molar-refractivity contribution in [2.45, 2.75) is 36.5 Å². The Hall–Kier alpha value is -2.94. The van der Waals surface area contributed by atoms with Gasteiger partial charge in [0.05, 0.1) is 18.6 Å². The van der Waals surface area contributed by atoms with Crippen LogP contribution in [0.25, 0.3) is 11.2 Å². The first-order chi connectivity index (χ1) is 14.5. The van der Waals surface area contributed by atoms with Crippen LogP contribution in [0.5, 0.6) is 0 Å². The van der Waals surface area contributed by atoms with Crippen LogP contribution >= 0.6 is 11.8 Å². The molecule has 7 N–H and O–H groups in total. The number of hydrogen-bond acceptors (Lipinski definition) is 11. The number of fused-ring (bicyclic) bond motifs is 2. The van der Waals surface area contributed by atoms with E-state index in [4.69, 9.17) is 10.5 Å². The number of anilines is 2. The van der Waals surface area contributed by atoms with E-state index in [9.17, 15) is 15.0 Å². The number of rotatable bonds is 5. The van der Waals surface area contributed by atoms with E-state index in [0.717, 1.165) is 0 Å². The molecule has 0 aliphatic carbocycles. The number of amides is 1. The van der Waals surface area contributed by atoms with Crippen LogP contribution in [0.2, 0.25) is 0 Å². The normalized spacial score (nSPS) is 28.3. The number of nitrogen functional groups attached to an aromatic ring is 1. The lowest BCUT2D eigenvalue weighted by Gasteiger charge is -2.25. The Labute approximate surface area is 173 Å². The van der Waals surface area contributed by atoms with Crippen molar-refractivity contribution in [3.8, 4) is 0 Å². The van der Waals surface area contributed by atoms with Crippen LogP contribution < -0.4 is 16.4 Å². The molecule has 0 saturated carbocycles. The molecular weight excluding hydrogens is 414 g/mol. The van der Waals surface area contributed by atoms with Gasteiger partial charge in [-0.1, -0.05) is 0 Å². The second-order valence-electron chi connectivity index (χ2n) is 6.95. The van der Waals surface area contributed by atoms with Crippen molar-refractivity contribution in [1.82, 2.24) is 35.0 Å². The molecule has 3 aromatic rings. The molecule has 2 aliphatic rings. The number of aromatic amines is 1. The van der Waals surface area contributed by atoms with Crippen molar-refractivity contribution in [2.24, 2.45) is 0 Å². The molecule has 13 nitrogen and oxygen atoms in total. The minimum Gasteiger partial charge on any atom is -0.388 e. The first-order valence-corrected chi connectivity index (χ1v) is 10.2. The van der Waals surface area contributed by atoms with Gasteiger partial charge in [-0.3, -0.25) is 14.5 Å². The van der Waals surface area contributed by atoms with Crippen molar-refractivity contribution in [2.75, 3.05) is 16.8 Å². The number of nitrogens with one attached hydrogen (secondary N) is 3. The zero-order chi connectivity index (χ0) is 20.8. The van der Waals surface area contributed by atoms with Crippen LogP contribution in [0, 0.1) is 0 Å². The van der Waals surface area contributed by atoms with Gasteiger partial charge in [-0.15, -0.1) is 11.8 Å². The van der Waals surface area contributed by atoms with Crippen molar-refractivity contribution in [3.05, 3.63) is 24.4 Å². The van der Waals surface area contributed by atoms with Crippen molar-refractivity contribution < 1.29 is 19.7 Å². The summed E-state index contributed by atoms with van der Waals surface area (Å²) in [4.78, 5) is 24.2. The molecule has 1 saturated heterocycles. The molecule has 0 radical (unpaired) electrons. The molecular formula is C16H19N9O4S. The minimum atomic E-state index is -1.16. The summed E-state index contributed by atoms with van der Waals surface area (Å²) >= 11 is 1.44. The van der Waals surface area contributed by atoms with Crippen LogP contribution in [0.3, 0.4) is 0 Å². The zero-order valence-electron chi connectivity index (χ0n) is 15.5. The van der Waals surface area contributed by atoms with Gasteiger partial charge in [0, 0.05) is 0 Å².